The van der Waals surface area contributed by atoms with Crippen LogP contribution in [0.25, 0.3) is 0 Å². The summed E-state index contributed by atoms with van der Waals surface area (Å²) in [7, 11) is 0. The highest BCUT2D eigenvalue weighted by Crippen LogP contribution is 2.29. The lowest BCUT2D eigenvalue weighted by Crippen LogP contribution is -2.59. The number of rotatable bonds is 3. The molecule has 0 radical (unpaired) electrons. The average Bonchev–Trinajstić information content (AvgIpc) is 2.42. The van der Waals surface area contributed by atoms with E-state index in [0.717, 1.165) is 32.6 Å². The van der Waals surface area contributed by atoms with Crippen LogP contribution in [-0.4, -0.2) is 54.0 Å². The third kappa shape index (κ3) is 3.78. The predicted molar refractivity (Wildman–Crippen MR) is 87.0 cm³/mol. The van der Waals surface area contributed by atoms with E-state index in [-0.39, 0.29) is 17.5 Å². The zero-order valence-corrected chi connectivity index (χ0v) is 14.3. The van der Waals surface area contributed by atoms with Gasteiger partial charge in [0.2, 0.25) is 5.91 Å². The summed E-state index contributed by atoms with van der Waals surface area (Å²) in [4.78, 5) is 17.6. The monoisotopic (exact) mass is 295 g/mol. The summed E-state index contributed by atoms with van der Waals surface area (Å²) >= 11 is 0. The minimum atomic E-state index is 0.0251. The van der Waals surface area contributed by atoms with Crippen molar-refractivity contribution in [1.82, 2.24) is 9.80 Å². The molecule has 2 aliphatic heterocycles. The van der Waals surface area contributed by atoms with Gasteiger partial charge in [-0.25, -0.2) is 0 Å². The Kier molecular flexibility index (Phi) is 5.31. The van der Waals surface area contributed by atoms with Gasteiger partial charge in [-0.15, -0.1) is 0 Å². The highest BCUT2D eigenvalue weighted by atomic mass is 16.2. The van der Waals surface area contributed by atoms with Gasteiger partial charge in [0.25, 0.3) is 0 Å². The number of piperidine rings is 2. The van der Waals surface area contributed by atoms with Crippen LogP contribution in [0.4, 0.5) is 0 Å². The van der Waals surface area contributed by atoms with Crippen molar-refractivity contribution >= 4 is 5.91 Å². The summed E-state index contributed by atoms with van der Waals surface area (Å²) in [6, 6.07) is 0.254. The predicted octanol–water partition coefficient (Wildman–Crippen LogP) is 2.08. The van der Waals surface area contributed by atoms with Crippen molar-refractivity contribution < 1.29 is 4.79 Å². The van der Waals surface area contributed by atoms with Crippen molar-refractivity contribution in [3.05, 3.63) is 0 Å². The SMILES string of the molecule is CC(C)C(C(=O)N1CCC(N)C(C)(C)C1)N1CCCCC1. The van der Waals surface area contributed by atoms with Crippen molar-refractivity contribution in [1.29, 1.82) is 0 Å². The van der Waals surface area contributed by atoms with Crippen LogP contribution < -0.4 is 5.73 Å². The molecule has 2 fully saturated rings. The molecule has 0 saturated carbocycles. The van der Waals surface area contributed by atoms with E-state index in [1.807, 2.05) is 0 Å². The Labute approximate surface area is 130 Å². The van der Waals surface area contributed by atoms with Crippen molar-refractivity contribution in [2.45, 2.75) is 65.5 Å². The van der Waals surface area contributed by atoms with Crippen molar-refractivity contribution in [2.75, 3.05) is 26.2 Å². The van der Waals surface area contributed by atoms with E-state index in [4.69, 9.17) is 5.73 Å². The van der Waals surface area contributed by atoms with Crippen LogP contribution in [0.5, 0.6) is 0 Å². The number of carbonyl (C=O) groups excluding carboxylic acids is 1. The number of nitrogens with zero attached hydrogens (tertiary/aromatic N) is 2. The van der Waals surface area contributed by atoms with Gasteiger partial charge in [0, 0.05) is 19.1 Å². The molecule has 2 unspecified atom stereocenters. The molecule has 0 spiro atoms. The number of carbonyl (C=O) groups is 1. The highest BCUT2D eigenvalue weighted by Gasteiger charge is 2.39. The van der Waals surface area contributed by atoms with Crippen LogP contribution in [0, 0.1) is 11.3 Å². The molecule has 0 aromatic carbocycles. The Morgan fingerprint density at radius 1 is 1.14 bits per heavy atom. The van der Waals surface area contributed by atoms with E-state index >= 15 is 0 Å². The summed E-state index contributed by atoms with van der Waals surface area (Å²) in [5, 5.41) is 0. The quantitative estimate of drug-likeness (QED) is 0.867. The van der Waals surface area contributed by atoms with E-state index in [1.165, 1.54) is 19.3 Å². The Morgan fingerprint density at radius 2 is 1.76 bits per heavy atom. The number of hydrogen-bond acceptors (Lipinski definition) is 3. The van der Waals surface area contributed by atoms with Crippen LogP contribution >= 0.6 is 0 Å². The van der Waals surface area contributed by atoms with E-state index in [1.54, 1.807) is 0 Å². The average molecular weight is 295 g/mol. The summed E-state index contributed by atoms with van der Waals surface area (Å²) in [6.45, 7) is 12.5. The lowest BCUT2D eigenvalue weighted by atomic mass is 9.79. The maximum Gasteiger partial charge on any atom is 0.240 e. The van der Waals surface area contributed by atoms with Gasteiger partial charge in [-0.05, 0) is 43.7 Å². The second-order valence-corrected chi connectivity index (χ2v) is 7.93. The molecular weight excluding hydrogens is 262 g/mol. The molecule has 2 rings (SSSR count). The highest BCUT2D eigenvalue weighted by molar-refractivity contribution is 5.82. The molecule has 2 aliphatic rings. The Bertz CT molecular complexity index is 361. The molecule has 2 atom stereocenters. The molecular formula is C17H33N3O. The van der Waals surface area contributed by atoms with Crippen molar-refractivity contribution in [3.8, 4) is 0 Å². The maximum absolute atomic E-state index is 13.1. The molecule has 0 aromatic rings. The smallest absolute Gasteiger partial charge is 0.240 e. The lowest BCUT2D eigenvalue weighted by molar-refractivity contribution is -0.142. The fraction of sp³-hybridized carbons (Fsp3) is 0.941. The van der Waals surface area contributed by atoms with E-state index in [9.17, 15) is 4.79 Å². The molecule has 2 N–H and O–H groups in total. The van der Waals surface area contributed by atoms with Crippen molar-refractivity contribution in [2.24, 2.45) is 17.1 Å². The molecule has 0 aromatic heterocycles. The van der Waals surface area contributed by atoms with E-state index in [0.29, 0.717) is 11.8 Å². The molecule has 4 heteroatoms. The fourth-order valence-corrected chi connectivity index (χ4v) is 3.81. The van der Waals surface area contributed by atoms with Crippen LogP contribution in [0.3, 0.4) is 0 Å². The van der Waals surface area contributed by atoms with Gasteiger partial charge in [-0.1, -0.05) is 34.1 Å². The number of amides is 1. The minimum absolute atomic E-state index is 0.0251. The molecule has 2 saturated heterocycles. The summed E-state index contributed by atoms with van der Waals surface area (Å²) < 4.78 is 0. The molecule has 2 heterocycles. The molecule has 21 heavy (non-hydrogen) atoms. The van der Waals surface area contributed by atoms with Gasteiger partial charge >= 0.3 is 0 Å². The number of nitrogens with two attached hydrogens (primary N) is 1. The first-order chi connectivity index (χ1) is 9.83. The van der Waals surface area contributed by atoms with Crippen LogP contribution in [0.15, 0.2) is 0 Å². The second kappa shape index (κ2) is 6.66. The molecule has 0 aliphatic carbocycles. The number of likely N-dealkylation sites (tertiary alicyclic amines) is 2. The van der Waals surface area contributed by atoms with Gasteiger partial charge in [0.05, 0.1) is 6.04 Å². The number of hydrogen-bond donors (Lipinski definition) is 1. The van der Waals surface area contributed by atoms with Crippen LogP contribution in [-0.2, 0) is 4.79 Å². The first-order valence-electron chi connectivity index (χ1n) is 8.61. The van der Waals surface area contributed by atoms with Gasteiger partial charge in [-0.3, -0.25) is 9.69 Å². The van der Waals surface area contributed by atoms with Gasteiger partial charge < -0.3 is 10.6 Å². The molecule has 4 nitrogen and oxygen atoms in total. The Balaban J connectivity index is 2.08. The Morgan fingerprint density at radius 3 is 2.29 bits per heavy atom. The summed E-state index contributed by atoms with van der Waals surface area (Å²) in [6.07, 6.45) is 4.68. The van der Waals surface area contributed by atoms with Gasteiger partial charge in [0.1, 0.15) is 0 Å². The van der Waals surface area contributed by atoms with E-state index < -0.39 is 0 Å². The summed E-state index contributed by atoms with van der Waals surface area (Å²) in [5.74, 6) is 0.696. The Hall–Kier alpha value is -0.610. The third-order valence-electron chi connectivity index (χ3n) is 5.29. The second-order valence-electron chi connectivity index (χ2n) is 7.93. The topological polar surface area (TPSA) is 49.6 Å². The standard InChI is InChI=1S/C17H33N3O/c1-13(2)15(19-9-6-5-7-10-19)16(21)20-11-8-14(18)17(3,4)12-20/h13-15H,5-12,18H2,1-4H3. The first kappa shape index (κ1) is 16.8. The van der Waals surface area contributed by atoms with E-state index in [2.05, 4.69) is 37.5 Å². The van der Waals surface area contributed by atoms with Crippen LogP contribution in [0.2, 0.25) is 0 Å². The maximum atomic E-state index is 13.1. The summed E-state index contributed by atoms with van der Waals surface area (Å²) in [5.41, 5.74) is 6.23. The van der Waals surface area contributed by atoms with Gasteiger partial charge in [-0.2, -0.15) is 0 Å². The first-order valence-corrected chi connectivity index (χ1v) is 8.61. The zero-order valence-electron chi connectivity index (χ0n) is 14.3. The largest absolute Gasteiger partial charge is 0.341 e. The third-order valence-corrected chi connectivity index (χ3v) is 5.29. The molecule has 1 amide bonds. The van der Waals surface area contributed by atoms with Crippen molar-refractivity contribution in [3.63, 3.8) is 0 Å². The zero-order chi connectivity index (χ0) is 15.6. The minimum Gasteiger partial charge on any atom is -0.341 e. The molecule has 122 valence electrons. The normalized spacial score (nSPS) is 28.7. The molecule has 0 bridgehead atoms. The fourth-order valence-electron chi connectivity index (χ4n) is 3.81. The lowest BCUT2D eigenvalue weighted by Gasteiger charge is -2.45. The van der Waals surface area contributed by atoms with Gasteiger partial charge in [0.15, 0.2) is 0 Å². The van der Waals surface area contributed by atoms with Crippen LogP contribution in [0.1, 0.15) is 53.4 Å².